The van der Waals surface area contributed by atoms with Crippen LogP contribution in [-0.4, -0.2) is 22.6 Å². The smallest absolute Gasteiger partial charge is 0.268 e. The summed E-state index contributed by atoms with van der Waals surface area (Å²) in [5, 5.41) is 2.69. The lowest BCUT2D eigenvalue weighted by atomic mass is 10.3. The van der Waals surface area contributed by atoms with Gasteiger partial charge >= 0.3 is 0 Å². The van der Waals surface area contributed by atoms with Gasteiger partial charge in [0.1, 0.15) is 16.8 Å². The van der Waals surface area contributed by atoms with Gasteiger partial charge in [0.15, 0.2) is 0 Å². The Labute approximate surface area is 123 Å². The summed E-state index contributed by atoms with van der Waals surface area (Å²) >= 11 is 3.08. The fraction of sp³-hybridized carbons (Fsp3) is 0.154. The van der Waals surface area contributed by atoms with E-state index >= 15 is 0 Å². The van der Waals surface area contributed by atoms with Crippen molar-refractivity contribution in [3.05, 3.63) is 51.6 Å². The summed E-state index contributed by atoms with van der Waals surface area (Å²) in [5.74, 6) is 0.220. The first kappa shape index (κ1) is 14.3. The van der Waals surface area contributed by atoms with Crippen molar-refractivity contribution in [3.63, 3.8) is 0 Å². The number of hydrogen-bond acceptors (Lipinski definition) is 4. The molecule has 1 heterocycles. The molecule has 1 amide bonds. The Kier molecular flexibility index (Phi) is 4.52. The van der Waals surface area contributed by atoms with Gasteiger partial charge in [-0.3, -0.25) is 14.2 Å². The number of amides is 1. The van der Waals surface area contributed by atoms with E-state index in [0.29, 0.717) is 15.9 Å². The number of ether oxygens (including phenoxy) is 1. The second-order valence-corrected chi connectivity index (χ2v) is 4.78. The molecule has 104 valence electrons. The molecular weight excluding hydrogens is 326 g/mol. The van der Waals surface area contributed by atoms with Gasteiger partial charge in [-0.1, -0.05) is 12.1 Å². The van der Waals surface area contributed by atoms with Gasteiger partial charge in [0.25, 0.3) is 5.56 Å². The van der Waals surface area contributed by atoms with Gasteiger partial charge in [-0.2, -0.15) is 0 Å². The van der Waals surface area contributed by atoms with Crippen LogP contribution in [0.25, 0.3) is 0 Å². The topological polar surface area (TPSA) is 73.2 Å². The van der Waals surface area contributed by atoms with Crippen LogP contribution in [0.15, 0.2) is 46.1 Å². The molecule has 0 unspecified atom stereocenters. The monoisotopic (exact) mass is 337 g/mol. The third kappa shape index (κ3) is 3.24. The fourth-order valence-electron chi connectivity index (χ4n) is 1.63. The molecule has 0 aliphatic rings. The highest BCUT2D eigenvalue weighted by atomic mass is 79.9. The summed E-state index contributed by atoms with van der Waals surface area (Å²) in [6.07, 6.45) is 2.70. The molecule has 1 aromatic carbocycles. The number of aromatic nitrogens is 2. The molecule has 0 atom stereocenters. The Hall–Kier alpha value is -2.15. The number of carbonyl (C=O) groups excluding carboxylic acids is 1. The van der Waals surface area contributed by atoms with Gasteiger partial charge < -0.3 is 10.1 Å². The van der Waals surface area contributed by atoms with E-state index in [1.165, 1.54) is 24.2 Å². The predicted octanol–water partition coefficient (Wildman–Crippen LogP) is 1.65. The molecule has 0 bridgehead atoms. The van der Waals surface area contributed by atoms with Crippen LogP contribution in [0.4, 0.5) is 5.69 Å². The highest BCUT2D eigenvalue weighted by Crippen LogP contribution is 2.22. The number of halogens is 1. The average Bonchev–Trinajstić information content (AvgIpc) is 2.44. The Morgan fingerprint density at radius 2 is 2.20 bits per heavy atom. The van der Waals surface area contributed by atoms with Crippen molar-refractivity contribution in [3.8, 4) is 5.75 Å². The van der Waals surface area contributed by atoms with E-state index in [9.17, 15) is 9.59 Å². The lowest BCUT2D eigenvalue weighted by Gasteiger charge is -2.10. The normalized spacial score (nSPS) is 10.1. The van der Waals surface area contributed by atoms with E-state index in [1.807, 2.05) is 0 Å². The number of carbonyl (C=O) groups is 1. The van der Waals surface area contributed by atoms with Crippen LogP contribution < -0.4 is 15.6 Å². The number of anilines is 1. The zero-order valence-electron chi connectivity index (χ0n) is 10.7. The minimum atomic E-state index is -0.337. The Balaban J connectivity index is 2.13. The third-order valence-electron chi connectivity index (χ3n) is 2.55. The SMILES string of the molecule is COc1ccccc1NC(=O)Cn1cncc(Br)c1=O. The van der Waals surface area contributed by atoms with E-state index in [0.717, 1.165) is 0 Å². The van der Waals surface area contributed by atoms with E-state index in [1.54, 1.807) is 24.3 Å². The van der Waals surface area contributed by atoms with E-state index < -0.39 is 0 Å². The first-order valence-electron chi connectivity index (χ1n) is 5.74. The van der Waals surface area contributed by atoms with Crippen LogP contribution in [0, 0.1) is 0 Å². The molecule has 2 rings (SSSR count). The van der Waals surface area contributed by atoms with Gasteiger partial charge in [-0.15, -0.1) is 0 Å². The van der Waals surface area contributed by atoms with Crippen molar-refractivity contribution in [1.82, 2.24) is 9.55 Å². The molecule has 0 radical (unpaired) electrons. The van der Waals surface area contributed by atoms with Gasteiger partial charge in [-0.05, 0) is 28.1 Å². The molecule has 0 saturated heterocycles. The standard InChI is InChI=1S/C13H12BrN3O3/c1-20-11-5-3-2-4-10(11)16-12(18)7-17-8-15-6-9(14)13(17)19/h2-6,8H,7H2,1H3,(H,16,18). The van der Waals surface area contributed by atoms with Crippen molar-refractivity contribution in [2.75, 3.05) is 12.4 Å². The highest BCUT2D eigenvalue weighted by molar-refractivity contribution is 9.10. The maximum absolute atomic E-state index is 11.9. The Morgan fingerprint density at radius 1 is 1.45 bits per heavy atom. The Bertz CT molecular complexity index is 685. The van der Waals surface area contributed by atoms with Crippen LogP contribution in [0.1, 0.15) is 0 Å². The molecular formula is C13H12BrN3O3. The van der Waals surface area contributed by atoms with E-state index in [4.69, 9.17) is 4.74 Å². The Morgan fingerprint density at radius 3 is 2.95 bits per heavy atom. The van der Waals surface area contributed by atoms with Crippen molar-refractivity contribution in [2.24, 2.45) is 0 Å². The van der Waals surface area contributed by atoms with Crippen molar-refractivity contribution < 1.29 is 9.53 Å². The van der Waals surface area contributed by atoms with Gasteiger partial charge in [-0.25, -0.2) is 4.98 Å². The molecule has 1 N–H and O–H groups in total. The molecule has 0 fully saturated rings. The molecule has 0 aliphatic heterocycles. The molecule has 2 aromatic rings. The minimum Gasteiger partial charge on any atom is -0.495 e. The summed E-state index contributed by atoms with van der Waals surface area (Å²) < 4.78 is 6.66. The molecule has 1 aromatic heterocycles. The molecule has 6 nitrogen and oxygen atoms in total. The van der Waals surface area contributed by atoms with Crippen LogP contribution >= 0.6 is 15.9 Å². The zero-order chi connectivity index (χ0) is 14.5. The van der Waals surface area contributed by atoms with E-state index in [-0.39, 0.29) is 18.0 Å². The van der Waals surface area contributed by atoms with Gasteiger partial charge in [0.2, 0.25) is 5.91 Å². The second kappa shape index (κ2) is 6.33. The van der Waals surface area contributed by atoms with Crippen molar-refractivity contribution in [2.45, 2.75) is 6.54 Å². The quantitative estimate of drug-likeness (QED) is 0.920. The largest absolute Gasteiger partial charge is 0.495 e. The fourth-order valence-corrected chi connectivity index (χ4v) is 1.98. The van der Waals surface area contributed by atoms with Crippen LogP contribution in [0.3, 0.4) is 0 Å². The summed E-state index contributed by atoms with van der Waals surface area (Å²) in [4.78, 5) is 27.5. The number of hydrogen-bond donors (Lipinski definition) is 1. The summed E-state index contributed by atoms with van der Waals surface area (Å²) in [5.41, 5.74) is 0.242. The average molecular weight is 338 g/mol. The van der Waals surface area contributed by atoms with Crippen LogP contribution in [-0.2, 0) is 11.3 Å². The van der Waals surface area contributed by atoms with E-state index in [2.05, 4.69) is 26.2 Å². The number of benzene rings is 1. The number of nitrogens with zero attached hydrogens (tertiary/aromatic N) is 2. The lowest BCUT2D eigenvalue weighted by Crippen LogP contribution is -2.28. The molecule has 0 saturated carbocycles. The maximum Gasteiger partial charge on any atom is 0.268 e. The minimum absolute atomic E-state index is 0.122. The first-order chi connectivity index (χ1) is 9.61. The van der Waals surface area contributed by atoms with Gasteiger partial charge in [0.05, 0.1) is 19.1 Å². The van der Waals surface area contributed by atoms with Gasteiger partial charge in [0, 0.05) is 6.20 Å². The highest BCUT2D eigenvalue weighted by Gasteiger charge is 2.09. The molecule has 0 aliphatic carbocycles. The number of rotatable bonds is 4. The summed E-state index contributed by atoms with van der Waals surface area (Å²) in [6, 6.07) is 7.04. The lowest BCUT2D eigenvalue weighted by molar-refractivity contribution is -0.116. The van der Waals surface area contributed by atoms with Crippen molar-refractivity contribution in [1.29, 1.82) is 0 Å². The molecule has 0 spiro atoms. The molecule has 7 heteroatoms. The second-order valence-electron chi connectivity index (χ2n) is 3.92. The number of nitrogens with one attached hydrogen (secondary N) is 1. The molecule has 20 heavy (non-hydrogen) atoms. The maximum atomic E-state index is 11.9. The first-order valence-corrected chi connectivity index (χ1v) is 6.54. The number of para-hydroxylation sites is 2. The number of methoxy groups -OCH3 is 1. The third-order valence-corrected chi connectivity index (χ3v) is 3.10. The van der Waals surface area contributed by atoms with Crippen LogP contribution in [0.5, 0.6) is 5.75 Å². The predicted molar refractivity (Wildman–Crippen MR) is 77.8 cm³/mol. The summed E-state index contributed by atoms with van der Waals surface area (Å²) in [7, 11) is 1.52. The van der Waals surface area contributed by atoms with Crippen LogP contribution in [0.2, 0.25) is 0 Å². The summed E-state index contributed by atoms with van der Waals surface area (Å²) in [6.45, 7) is -0.122. The zero-order valence-corrected chi connectivity index (χ0v) is 12.3. The van der Waals surface area contributed by atoms with Crippen molar-refractivity contribution >= 4 is 27.5 Å².